The number of aliphatic hydroxyl groups excluding tert-OH is 2. The summed E-state index contributed by atoms with van der Waals surface area (Å²) in [5, 5.41) is 20.6. The highest BCUT2D eigenvalue weighted by Gasteiger charge is 2.00. The van der Waals surface area contributed by atoms with Crippen molar-refractivity contribution in [3.05, 3.63) is 0 Å². The number of hydrogen-bond acceptors (Lipinski definition) is 3. The molecule has 3 nitrogen and oxygen atoms in total. The molecule has 3 N–H and O–H groups in total. The van der Waals surface area contributed by atoms with Gasteiger partial charge in [0.2, 0.25) is 0 Å². The van der Waals surface area contributed by atoms with Crippen LogP contribution in [0, 0.1) is 0 Å². The molecule has 0 aromatic heterocycles. The molecule has 0 aliphatic carbocycles. The Morgan fingerprint density at radius 2 is 2.18 bits per heavy atom. The second kappa shape index (κ2) is 7.98. The lowest BCUT2D eigenvalue weighted by atomic mass is 10.1. The molecule has 0 heterocycles. The van der Waals surface area contributed by atoms with E-state index in [0.29, 0.717) is 13.1 Å². The molecule has 0 saturated heterocycles. The third kappa shape index (κ3) is 7.78. The second-order valence-electron chi connectivity index (χ2n) is 2.72. The largest absolute Gasteiger partial charge is 0.395 e. The summed E-state index contributed by atoms with van der Waals surface area (Å²) >= 11 is 0. The Morgan fingerprint density at radius 1 is 1.45 bits per heavy atom. The van der Waals surface area contributed by atoms with Crippen molar-refractivity contribution in [2.75, 3.05) is 19.7 Å². The molecule has 0 fully saturated rings. The van der Waals surface area contributed by atoms with Gasteiger partial charge in [0.1, 0.15) is 0 Å². The highest BCUT2D eigenvalue weighted by Crippen LogP contribution is 1.98. The Bertz CT molecular complexity index is 78.5. The van der Waals surface area contributed by atoms with Crippen molar-refractivity contribution in [1.82, 2.24) is 5.32 Å². The van der Waals surface area contributed by atoms with Gasteiger partial charge >= 0.3 is 0 Å². The minimum absolute atomic E-state index is 0.139. The molecular weight excluding hydrogens is 142 g/mol. The average Bonchev–Trinajstić information content (AvgIpc) is 2.01. The van der Waals surface area contributed by atoms with E-state index in [-0.39, 0.29) is 12.7 Å². The summed E-state index contributed by atoms with van der Waals surface area (Å²) in [7, 11) is 0. The molecule has 0 rings (SSSR count). The lowest BCUT2D eigenvalue weighted by molar-refractivity contribution is 0.156. The van der Waals surface area contributed by atoms with E-state index in [9.17, 15) is 5.11 Å². The van der Waals surface area contributed by atoms with Crippen molar-refractivity contribution < 1.29 is 10.2 Å². The Balaban J connectivity index is 3.02. The standard InChI is InChI=1S/C8H19NO2/c1-2-3-4-8(11)7-9-5-6-10/h8-11H,2-7H2,1H3. The normalized spacial score (nSPS) is 13.4. The van der Waals surface area contributed by atoms with Gasteiger partial charge in [-0.2, -0.15) is 0 Å². The number of nitrogens with one attached hydrogen (secondary N) is 1. The van der Waals surface area contributed by atoms with Gasteiger partial charge in [-0.15, -0.1) is 0 Å². The van der Waals surface area contributed by atoms with E-state index in [2.05, 4.69) is 12.2 Å². The van der Waals surface area contributed by atoms with Crippen LogP contribution in [0.2, 0.25) is 0 Å². The topological polar surface area (TPSA) is 52.5 Å². The molecule has 0 spiro atoms. The van der Waals surface area contributed by atoms with Crippen LogP contribution in [-0.2, 0) is 0 Å². The summed E-state index contributed by atoms with van der Waals surface area (Å²) in [4.78, 5) is 0. The summed E-state index contributed by atoms with van der Waals surface area (Å²) in [5.41, 5.74) is 0. The summed E-state index contributed by atoms with van der Waals surface area (Å²) in [6.45, 7) is 3.41. The highest BCUT2D eigenvalue weighted by atomic mass is 16.3. The molecule has 0 saturated carbocycles. The maximum atomic E-state index is 9.26. The summed E-state index contributed by atoms with van der Waals surface area (Å²) in [6.07, 6.45) is 2.80. The first-order chi connectivity index (χ1) is 5.31. The lowest BCUT2D eigenvalue weighted by Crippen LogP contribution is -2.28. The van der Waals surface area contributed by atoms with Gasteiger partial charge < -0.3 is 15.5 Å². The molecule has 0 amide bonds. The zero-order chi connectivity index (χ0) is 8.53. The maximum absolute atomic E-state index is 9.26. The average molecular weight is 161 g/mol. The van der Waals surface area contributed by atoms with E-state index in [1.807, 2.05) is 0 Å². The molecular formula is C8H19NO2. The minimum atomic E-state index is -0.249. The zero-order valence-corrected chi connectivity index (χ0v) is 7.21. The van der Waals surface area contributed by atoms with Gasteiger partial charge in [-0.05, 0) is 6.42 Å². The first kappa shape index (κ1) is 10.9. The van der Waals surface area contributed by atoms with E-state index in [1.54, 1.807) is 0 Å². The Hall–Kier alpha value is -0.120. The van der Waals surface area contributed by atoms with Crippen molar-refractivity contribution in [2.45, 2.75) is 32.3 Å². The fourth-order valence-corrected chi connectivity index (χ4v) is 0.890. The van der Waals surface area contributed by atoms with Crippen molar-refractivity contribution in [3.63, 3.8) is 0 Å². The van der Waals surface area contributed by atoms with E-state index in [0.717, 1.165) is 19.3 Å². The van der Waals surface area contributed by atoms with Crippen molar-refractivity contribution in [3.8, 4) is 0 Å². The third-order valence-electron chi connectivity index (χ3n) is 1.56. The van der Waals surface area contributed by atoms with Crippen LogP contribution >= 0.6 is 0 Å². The van der Waals surface area contributed by atoms with Crippen molar-refractivity contribution in [2.24, 2.45) is 0 Å². The Kier molecular flexibility index (Phi) is 7.89. The molecule has 3 heteroatoms. The van der Waals surface area contributed by atoms with Crippen molar-refractivity contribution in [1.29, 1.82) is 0 Å². The summed E-state index contributed by atoms with van der Waals surface area (Å²) < 4.78 is 0. The molecule has 0 aromatic rings. The highest BCUT2D eigenvalue weighted by molar-refractivity contribution is 4.58. The van der Waals surface area contributed by atoms with Crippen LogP contribution in [0.15, 0.2) is 0 Å². The van der Waals surface area contributed by atoms with Gasteiger partial charge in [0, 0.05) is 13.1 Å². The predicted octanol–water partition coefficient (Wildman–Crippen LogP) is 0.119. The molecule has 0 aliphatic rings. The zero-order valence-electron chi connectivity index (χ0n) is 7.21. The van der Waals surface area contributed by atoms with Crippen LogP contribution in [0.25, 0.3) is 0 Å². The molecule has 11 heavy (non-hydrogen) atoms. The van der Waals surface area contributed by atoms with Crippen LogP contribution in [0.3, 0.4) is 0 Å². The van der Waals surface area contributed by atoms with E-state index in [4.69, 9.17) is 5.11 Å². The van der Waals surface area contributed by atoms with Gasteiger partial charge in [-0.25, -0.2) is 0 Å². The van der Waals surface area contributed by atoms with Gasteiger partial charge in [0.05, 0.1) is 12.7 Å². The number of unbranched alkanes of at least 4 members (excludes halogenated alkanes) is 1. The van der Waals surface area contributed by atoms with E-state index in [1.165, 1.54) is 0 Å². The van der Waals surface area contributed by atoms with Crippen LogP contribution < -0.4 is 5.32 Å². The summed E-state index contributed by atoms with van der Waals surface area (Å²) in [6, 6.07) is 0. The maximum Gasteiger partial charge on any atom is 0.0664 e. The van der Waals surface area contributed by atoms with Gasteiger partial charge in [-0.3, -0.25) is 0 Å². The quantitative estimate of drug-likeness (QED) is 0.465. The Labute approximate surface area is 68.4 Å². The van der Waals surface area contributed by atoms with Crippen LogP contribution in [0.4, 0.5) is 0 Å². The first-order valence-corrected chi connectivity index (χ1v) is 4.31. The first-order valence-electron chi connectivity index (χ1n) is 4.31. The molecule has 0 radical (unpaired) electrons. The molecule has 0 aliphatic heterocycles. The monoisotopic (exact) mass is 161 g/mol. The number of rotatable bonds is 7. The minimum Gasteiger partial charge on any atom is -0.395 e. The predicted molar refractivity (Wildman–Crippen MR) is 45.5 cm³/mol. The number of hydrogen-bond donors (Lipinski definition) is 3. The van der Waals surface area contributed by atoms with E-state index < -0.39 is 0 Å². The molecule has 0 aromatic carbocycles. The van der Waals surface area contributed by atoms with Crippen LogP contribution in [0.5, 0.6) is 0 Å². The molecule has 68 valence electrons. The smallest absolute Gasteiger partial charge is 0.0664 e. The van der Waals surface area contributed by atoms with Gasteiger partial charge in [-0.1, -0.05) is 19.8 Å². The van der Waals surface area contributed by atoms with Gasteiger partial charge in [0.25, 0.3) is 0 Å². The number of aliphatic hydroxyl groups is 2. The SMILES string of the molecule is CCCCC(O)CNCCO. The fourth-order valence-electron chi connectivity index (χ4n) is 0.890. The molecule has 1 unspecified atom stereocenters. The van der Waals surface area contributed by atoms with E-state index >= 15 is 0 Å². The third-order valence-corrected chi connectivity index (χ3v) is 1.56. The molecule has 0 bridgehead atoms. The second-order valence-corrected chi connectivity index (χ2v) is 2.72. The van der Waals surface area contributed by atoms with Crippen LogP contribution in [0.1, 0.15) is 26.2 Å². The van der Waals surface area contributed by atoms with Gasteiger partial charge in [0.15, 0.2) is 0 Å². The lowest BCUT2D eigenvalue weighted by Gasteiger charge is -2.09. The fraction of sp³-hybridized carbons (Fsp3) is 1.00. The molecule has 1 atom stereocenters. The van der Waals surface area contributed by atoms with Crippen LogP contribution in [-0.4, -0.2) is 36.0 Å². The Morgan fingerprint density at radius 3 is 2.73 bits per heavy atom. The van der Waals surface area contributed by atoms with Crippen molar-refractivity contribution >= 4 is 0 Å². The summed E-state index contributed by atoms with van der Waals surface area (Å²) in [5.74, 6) is 0.